The second kappa shape index (κ2) is 12.0. The SMILES string of the molecule is CCCNCc1ccc(OCCOCCCOC)c(Br)c1. The molecule has 0 saturated carbocycles. The van der Waals surface area contributed by atoms with Crippen LogP contribution in [0.25, 0.3) is 0 Å². The van der Waals surface area contributed by atoms with Gasteiger partial charge in [-0.05, 0) is 53.0 Å². The monoisotopic (exact) mass is 359 g/mol. The van der Waals surface area contributed by atoms with Crippen LogP contribution in [-0.4, -0.2) is 40.1 Å². The Kier molecular flexibility index (Phi) is 10.5. The lowest BCUT2D eigenvalue weighted by atomic mass is 10.2. The molecule has 1 aromatic rings. The summed E-state index contributed by atoms with van der Waals surface area (Å²) in [7, 11) is 1.70. The molecule has 21 heavy (non-hydrogen) atoms. The Morgan fingerprint density at radius 2 is 2.00 bits per heavy atom. The highest BCUT2D eigenvalue weighted by molar-refractivity contribution is 9.10. The fourth-order valence-corrected chi connectivity index (χ4v) is 2.34. The van der Waals surface area contributed by atoms with Crippen molar-refractivity contribution in [1.29, 1.82) is 0 Å². The molecule has 1 rings (SSSR count). The fourth-order valence-electron chi connectivity index (χ4n) is 1.80. The summed E-state index contributed by atoms with van der Waals surface area (Å²) in [5.74, 6) is 0.856. The van der Waals surface area contributed by atoms with Gasteiger partial charge in [-0.15, -0.1) is 0 Å². The molecule has 0 radical (unpaired) electrons. The van der Waals surface area contributed by atoms with Crippen LogP contribution in [0.5, 0.6) is 5.75 Å². The maximum absolute atomic E-state index is 5.70. The number of ether oxygens (including phenoxy) is 3. The molecular weight excluding hydrogens is 334 g/mol. The molecule has 120 valence electrons. The first-order chi connectivity index (χ1) is 10.3. The minimum absolute atomic E-state index is 0.555. The molecule has 0 saturated heterocycles. The Hall–Kier alpha value is -0.620. The summed E-state index contributed by atoms with van der Waals surface area (Å²) >= 11 is 3.55. The Morgan fingerprint density at radius 1 is 1.14 bits per heavy atom. The van der Waals surface area contributed by atoms with Crippen molar-refractivity contribution in [2.45, 2.75) is 26.3 Å². The zero-order valence-electron chi connectivity index (χ0n) is 13.0. The summed E-state index contributed by atoms with van der Waals surface area (Å²) in [4.78, 5) is 0. The first-order valence-electron chi connectivity index (χ1n) is 7.46. The van der Waals surface area contributed by atoms with Crippen LogP contribution in [0.3, 0.4) is 0 Å². The predicted octanol–water partition coefficient (Wildman–Crippen LogP) is 3.38. The molecule has 0 atom stereocenters. The van der Waals surface area contributed by atoms with Crippen molar-refractivity contribution in [3.05, 3.63) is 28.2 Å². The van der Waals surface area contributed by atoms with E-state index in [1.165, 1.54) is 5.56 Å². The van der Waals surface area contributed by atoms with E-state index in [9.17, 15) is 0 Å². The van der Waals surface area contributed by atoms with Crippen LogP contribution in [0.1, 0.15) is 25.3 Å². The summed E-state index contributed by atoms with van der Waals surface area (Å²) in [5.41, 5.74) is 1.25. The minimum Gasteiger partial charge on any atom is -0.490 e. The third-order valence-corrected chi connectivity index (χ3v) is 3.49. The van der Waals surface area contributed by atoms with Gasteiger partial charge in [-0.1, -0.05) is 13.0 Å². The summed E-state index contributed by atoms with van der Waals surface area (Å²) in [5, 5.41) is 3.38. The van der Waals surface area contributed by atoms with Crippen LogP contribution in [-0.2, 0) is 16.0 Å². The number of benzene rings is 1. The largest absolute Gasteiger partial charge is 0.490 e. The normalized spacial score (nSPS) is 10.8. The quantitative estimate of drug-likeness (QED) is 0.580. The second-order valence-corrected chi connectivity index (χ2v) is 5.60. The van der Waals surface area contributed by atoms with Gasteiger partial charge >= 0.3 is 0 Å². The molecule has 0 aliphatic rings. The highest BCUT2D eigenvalue weighted by Gasteiger charge is 2.03. The van der Waals surface area contributed by atoms with Gasteiger partial charge in [0.05, 0.1) is 11.1 Å². The Balaban J connectivity index is 2.22. The fraction of sp³-hybridized carbons (Fsp3) is 0.625. The summed E-state index contributed by atoms with van der Waals surface area (Å²) < 4.78 is 17.1. The highest BCUT2D eigenvalue weighted by Crippen LogP contribution is 2.25. The van der Waals surface area contributed by atoms with Gasteiger partial charge in [-0.2, -0.15) is 0 Å². The lowest BCUT2D eigenvalue weighted by Crippen LogP contribution is -2.13. The van der Waals surface area contributed by atoms with Gasteiger partial charge in [0.1, 0.15) is 12.4 Å². The molecule has 5 heteroatoms. The average Bonchev–Trinajstić information content (AvgIpc) is 2.48. The van der Waals surface area contributed by atoms with Crippen molar-refractivity contribution in [2.75, 3.05) is 40.1 Å². The summed E-state index contributed by atoms with van der Waals surface area (Å²) in [6.07, 6.45) is 2.06. The molecule has 0 fully saturated rings. The van der Waals surface area contributed by atoms with Crippen LogP contribution in [0, 0.1) is 0 Å². The van der Waals surface area contributed by atoms with Gasteiger partial charge in [-0.3, -0.25) is 0 Å². The van der Waals surface area contributed by atoms with E-state index in [2.05, 4.69) is 40.3 Å². The molecule has 0 aliphatic heterocycles. The molecule has 0 spiro atoms. The van der Waals surface area contributed by atoms with Crippen molar-refractivity contribution in [1.82, 2.24) is 5.32 Å². The van der Waals surface area contributed by atoms with Gasteiger partial charge in [-0.25, -0.2) is 0 Å². The molecular formula is C16H26BrNO3. The zero-order chi connectivity index (χ0) is 15.3. The summed E-state index contributed by atoms with van der Waals surface area (Å²) in [6.45, 7) is 6.68. The molecule has 1 aromatic carbocycles. The first kappa shape index (κ1) is 18.4. The summed E-state index contributed by atoms with van der Waals surface area (Å²) in [6, 6.07) is 6.18. The Bertz CT molecular complexity index is 388. The van der Waals surface area contributed by atoms with Crippen LogP contribution < -0.4 is 10.1 Å². The molecule has 0 heterocycles. The second-order valence-electron chi connectivity index (χ2n) is 4.75. The third-order valence-electron chi connectivity index (χ3n) is 2.87. The Morgan fingerprint density at radius 3 is 2.71 bits per heavy atom. The number of halogens is 1. The van der Waals surface area contributed by atoms with E-state index in [-0.39, 0.29) is 0 Å². The van der Waals surface area contributed by atoms with E-state index in [4.69, 9.17) is 14.2 Å². The smallest absolute Gasteiger partial charge is 0.133 e. The molecule has 0 aromatic heterocycles. The maximum atomic E-state index is 5.70. The van der Waals surface area contributed by atoms with Gasteiger partial charge in [0.25, 0.3) is 0 Å². The van der Waals surface area contributed by atoms with Crippen molar-refractivity contribution in [3.63, 3.8) is 0 Å². The number of methoxy groups -OCH3 is 1. The first-order valence-corrected chi connectivity index (χ1v) is 8.25. The van der Waals surface area contributed by atoms with E-state index in [1.807, 2.05) is 6.07 Å². The van der Waals surface area contributed by atoms with Crippen molar-refractivity contribution in [2.24, 2.45) is 0 Å². The van der Waals surface area contributed by atoms with Crippen molar-refractivity contribution >= 4 is 15.9 Å². The van der Waals surface area contributed by atoms with Crippen molar-refractivity contribution in [3.8, 4) is 5.75 Å². The van der Waals surface area contributed by atoms with E-state index in [0.717, 1.165) is 42.8 Å². The van der Waals surface area contributed by atoms with Crippen molar-refractivity contribution < 1.29 is 14.2 Å². The number of hydrogen-bond acceptors (Lipinski definition) is 4. The van der Waals surface area contributed by atoms with Crippen LogP contribution >= 0.6 is 15.9 Å². The molecule has 0 bridgehead atoms. The zero-order valence-corrected chi connectivity index (χ0v) is 14.6. The lowest BCUT2D eigenvalue weighted by Gasteiger charge is -2.10. The standard InChI is InChI=1S/C16H26BrNO3/c1-3-7-18-13-14-5-6-16(15(17)12-14)21-11-10-20-9-4-8-19-2/h5-6,12,18H,3-4,7-11,13H2,1-2H3. The van der Waals surface area contributed by atoms with Crippen LogP contribution in [0.15, 0.2) is 22.7 Å². The predicted molar refractivity (Wildman–Crippen MR) is 88.9 cm³/mol. The number of hydrogen-bond donors (Lipinski definition) is 1. The van der Waals surface area contributed by atoms with Gasteiger partial charge in [0.2, 0.25) is 0 Å². The topological polar surface area (TPSA) is 39.7 Å². The molecule has 0 aliphatic carbocycles. The average molecular weight is 360 g/mol. The molecule has 4 nitrogen and oxygen atoms in total. The number of rotatable bonds is 12. The molecule has 1 N–H and O–H groups in total. The third kappa shape index (κ3) is 8.41. The van der Waals surface area contributed by atoms with Crippen LogP contribution in [0.2, 0.25) is 0 Å². The molecule has 0 amide bonds. The number of nitrogens with one attached hydrogen (secondary N) is 1. The minimum atomic E-state index is 0.555. The Labute approximate surface area is 136 Å². The van der Waals surface area contributed by atoms with E-state index >= 15 is 0 Å². The molecule has 0 unspecified atom stereocenters. The van der Waals surface area contributed by atoms with E-state index in [1.54, 1.807) is 7.11 Å². The van der Waals surface area contributed by atoms with E-state index < -0.39 is 0 Å². The maximum Gasteiger partial charge on any atom is 0.133 e. The van der Waals surface area contributed by atoms with E-state index in [0.29, 0.717) is 19.8 Å². The van der Waals surface area contributed by atoms with Gasteiger partial charge in [0.15, 0.2) is 0 Å². The van der Waals surface area contributed by atoms with Crippen LogP contribution in [0.4, 0.5) is 0 Å². The highest BCUT2D eigenvalue weighted by atomic mass is 79.9. The lowest BCUT2D eigenvalue weighted by molar-refractivity contribution is 0.0805. The van der Waals surface area contributed by atoms with Gasteiger partial charge < -0.3 is 19.5 Å². The van der Waals surface area contributed by atoms with Gasteiger partial charge in [0, 0.05) is 26.9 Å².